The number of nitrogens with one attached hydrogen (secondary N) is 1. The van der Waals surface area contributed by atoms with Gasteiger partial charge in [0.15, 0.2) is 6.61 Å². The Morgan fingerprint density at radius 2 is 2.09 bits per heavy atom. The number of esters is 1. The normalized spacial score (nSPS) is 14.0. The van der Waals surface area contributed by atoms with Gasteiger partial charge in [-0.25, -0.2) is 9.78 Å². The molecule has 0 radical (unpaired) electrons. The molecule has 22 heavy (non-hydrogen) atoms. The first kappa shape index (κ1) is 14.9. The number of carbonyl (C=O) groups excluding carboxylic acids is 2. The Morgan fingerprint density at radius 3 is 2.86 bits per heavy atom. The smallest absolute Gasteiger partial charge is 0.332 e. The molecule has 0 unspecified atom stereocenters. The molecular weight excluding hydrogens is 304 g/mol. The Bertz CT molecular complexity index is 648. The van der Waals surface area contributed by atoms with Gasteiger partial charge in [-0.1, -0.05) is 12.1 Å². The second-order valence-electron chi connectivity index (χ2n) is 5.07. The number of hydrogen-bond acceptors (Lipinski definition) is 6. The highest BCUT2D eigenvalue weighted by atomic mass is 32.1. The van der Waals surface area contributed by atoms with Crippen LogP contribution in [0.5, 0.6) is 0 Å². The topological polar surface area (TPSA) is 77.5 Å². The number of nitrogens with zero attached hydrogens (tertiary/aromatic N) is 1. The van der Waals surface area contributed by atoms with Gasteiger partial charge >= 0.3 is 5.97 Å². The van der Waals surface area contributed by atoms with Crippen molar-refractivity contribution in [3.8, 4) is 0 Å². The average Bonchev–Trinajstić information content (AvgIpc) is 3.21. The van der Waals surface area contributed by atoms with Crippen LogP contribution < -0.4 is 5.32 Å². The summed E-state index contributed by atoms with van der Waals surface area (Å²) in [6.45, 7) is -0.185. The van der Waals surface area contributed by atoms with Crippen molar-refractivity contribution in [3.05, 3.63) is 29.3 Å². The van der Waals surface area contributed by atoms with Crippen molar-refractivity contribution in [1.82, 2.24) is 10.3 Å². The van der Waals surface area contributed by atoms with Gasteiger partial charge in [0, 0.05) is 6.04 Å². The van der Waals surface area contributed by atoms with Gasteiger partial charge in [0.1, 0.15) is 11.6 Å². The minimum atomic E-state index is -0.549. The number of para-hydroxylation sites is 1. The fourth-order valence-electron chi connectivity index (χ4n) is 1.89. The molecule has 1 aromatic carbocycles. The third-order valence-electron chi connectivity index (χ3n) is 3.09. The van der Waals surface area contributed by atoms with Gasteiger partial charge in [-0.2, -0.15) is 0 Å². The molecule has 1 saturated carbocycles. The van der Waals surface area contributed by atoms with Crippen LogP contribution in [0.3, 0.4) is 0 Å². The molecule has 0 aliphatic heterocycles. The number of amides is 1. The summed E-state index contributed by atoms with van der Waals surface area (Å²) in [5, 5.41) is 3.55. The van der Waals surface area contributed by atoms with Gasteiger partial charge in [0.2, 0.25) is 0 Å². The summed E-state index contributed by atoms with van der Waals surface area (Å²) in [7, 11) is 0. The van der Waals surface area contributed by atoms with E-state index in [9.17, 15) is 9.59 Å². The summed E-state index contributed by atoms with van der Waals surface area (Å²) in [6.07, 6.45) is 2.01. The summed E-state index contributed by atoms with van der Waals surface area (Å²) >= 11 is 1.53. The minimum Gasteiger partial charge on any atom is -0.454 e. The highest BCUT2D eigenvalue weighted by Crippen LogP contribution is 2.21. The first-order chi connectivity index (χ1) is 10.7. The number of thiazole rings is 1. The Hall–Kier alpha value is -1.99. The zero-order valence-electron chi connectivity index (χ0n) is 11.9. The second-order valence-corrected chi connectivity index (χ2v) is 6.19. The van der Waals surface area contributed by atoms with E-state index in [4.69, 9.17) is 9.47 Å². The molecule has 1 aromatic heterocycles. The standard InChI is InChI=1S/C15H16N2O4S/c18-13(16-10-5-6-10)7-21-15(19)9-20-8-14-17-11-3-1-2-4-12(11)22-14/h1-4,10H,5-9H2,(H,16,18). The molecule has 2 aromatic rings. The number of hydrogen-bond donors (Lipinski definition) is 1. The number of ether oxygens (including phenoxy) is 2. The summed E-state index contributed by atoms with van der Waals surface area (Å²) in [5.74, 6) is -0.811. The number of benzene rings is 1. The lowest BCUT2D eigenvalue weighted by Crippen LogP contribution is -2.31. The van der Waals surface area contributed by atoms with Gasteiger partial charge in [0.05, 0.1) is 16.8 Å². The molecule has 1 fully saturated rings. The van der Waals surface area contributed by atoms with Crippen LogP contribution in [0.15, 0.2) is 24.3 Å². The van der Waals surface area contributed by atoms with Gasteiger partial charge in [-0.15, -0.1) is 11.3 Å². The van der Waals surface area contributed by atoms with E-state index < -0.39 is 5.97 Å². The Kier molecular flexibility index (Phi) is 4.65. The lowest BCUT2D eigenvalue weighted by atomic mass is 10.3. The minimum absolute atomic E-state index is 0.188. The monoisotopic (exact) mass is 320 g/mol. The van der Waals surface area contributed by atoms with Crippen molar-refractivity contribution in [2.45, 2.75) is 25.5 Å². The van der Waals surface area contributed by atoms with E-state index in [2.05, 4.69) is 10.3 Å². The van der Waals surface area contributed by atoms with E-state index >= 15 is 0 Å². The largest absolute Gasteiger partial charge is 0.454 e. The van der Waals surface area contributed by atoms with Crippen molar-refractivity contribution in [2.75, 3.05) is 13.2 Å². The van der Waals surface area contributed by atoms with Crippen molar-refractivity contribution in [1.29, 1.82) is 0 Å². The maximum atomic E-state index is 11.5. The molecule has 1 heterocycles. The average molecular weight is 320 g/mol. The molecule has 1 aliphatic rings. The van der Waals surface area contributed by atoms with Crippen LogP contribution in [0.1, 0.15) is 17.8 Å². The van der Waals surface area contributed by atoms with Crippen LogP contribution in [-0.2, 0) is 25.7 Å². The van der Waals surface area contributed by atoms with E-state index in [1.807, 2.05) is 24.3 Å². The predicted octanol–water partition coefficient (Wildman–Crippen LogP) is 1.63. The van der Waals surface area contributed by atoms with E-state index in [0.29, 0.717) is 0 Å². The lowest BCUT2D eigenvalue weighted by molar-refractivity contribution is -0.153. The fourth-order valence-corrected chi connectivity index (χ4v) is 2.79. The maximum absolute atomic E-state index is 11.5. The van der Waals surface area contributed by atoms with Crippen LogP contribution in [0.2, 0.25) is 0 Å². The van der Waals surface area contributed by atoms with Crippen molar-refractivity contribution >= 4 is 33.4 Å². The molecule has 1 N–H and O–H groups in total. The molecule has 0 bridgehead atoms. The number of rotatable bonds is 7. The van der Waals surface area contributed by atoms with Crippen LogP contribution in [0.4, 0.5) is 0 Å². The Morgan fingerprint density at radius 1 is 1.27 bits per heavy atom. The Labute approximate surface area is 131 Å². The molecule has 1 amide bonds. The highest BCUT2D eigenvalue weighted by molar-refractivity contribution is 7.18. The predicted molar refractivity (Wildman–Crippen MR) is 81.4 cm³/mol. The van der Waals surface area contributed by atoms with E-state index in [1.54, 1.807) is 0 Å². The van der Waals surface area contributed by atoms with Crippen molar-refractivity contribution in [2.24, 2.45) is 0 Å². The zero-order chi connectivity index (χ0) is 15.4. The molecule has 0 atom stereocenters. The van der Waals surface area contributed by atoms with Gasteiger partial charge in [-0.3, -0.25) is 4.79 Å². The van der Waals surface area contributed by atoms with Crippen LogP contribution >= 0.6 is 11.3 Å². The number of fused-ring (bicyclic) bond motifs is 1. The molecular formula is C15H16N2O4S. The fraction of sp³-hybridized carbons (Fsp3) is 0.400. The molecule has 6 nitrogen and oxygen atoms in total. The zero-order valence-corrected chi connectivity index (χ0v) is 12.7. The van der Waals surface area contributed by atoms with E-state index in [0.717, 1.165) is 28.1 Å². The highest BCUT2D eigenvalue weighted by Gasteiger charge is 2.23. The Balaban J connectivity index is 1.36. The van der Waals surface area contributed by atoms with Crippen molar-refractivity contribution < 1.29 is 19.1 Å². The maximum Gasteiger partial charge on any atom is 0.332 e. The van der Waals surface area contributed by atoms with Crippen LogP contribution in [0, 0.1) is 0 Å². The van der Waals surface area contributed by atoms with Crippen LogP contribution in [0.25, 0.3) is 10.2 Å². The van der Waals surface area contributed by atoms with Gasteiger partial charge < -0.3 is 14.8 Å². The summed E-state index contributed by atoms with van der Waals surface area (Å²) in [5.41, 5.74) is 0.922. The van der Waals surface area contributed by atoms with E-state index in [-0.39, 0.29) is 31.8 Å². The molecule has 7 heteroatoms. The summed E-state index contributed by atoms with van der Waals surface area (Å²) < 4.78 is 11.2. The number of carbonyl (C=O) groups is 2. The molecule has 0 spiro atoms. The SMILES string of the molecule is O=C(COC(=O)COCc1nc2ccccc2s1)NC1CC1. The van der Waals surface area contributed by atoms with Crippen LogP contribution in [-0.4, -0.2) is 36.1 Å². The lowest BCUT2D eigenvalue weighted by Gasteiger charge is -2.05. The summed E-state index contributed by atoms with van der Waals surface area (Å²) in [4.78, 5) is 27.2. The van der Waals surface area contributed by atoms with Gasteiger partial charge in [0.25, 0.3) is 5.91 Å². The molecule has 0 saturated heterocycles. The second kappa shape index (κ2) is 6.85. The molecule has 116 valence electrons. The van der Waals surface area contributed by atoms with E-state index in [1.165, 1.54) is 11.3 Å². The quantitative estimate of drug-likeness (QED) is 0.785. The first-order valence-electron chi connectivity index (χ1n) is 7.08. The summed E-state index contributed by atoms with van der Waals surface area (Å²) in [6, 6.07) is 8.07. The van der Waals surface area contributed by atoms with Crippen molar-refractivity contribution in [3.63, 3.8) is 0 Å². The number of aromatic nitrogens is 1. The molecule has 1 aliphatic carbocycles. The first-order valence-corrected chi connectivity index (χ1v) is 7.89. The van der Waals surface area contributed by atoms with Gasteiger partial charge in [-0.05, 0) is 25.0 Å². The third-order valence-corrected chi connectivity index (χ3v) is 4.10. The third kappa shape index (κ3) is 4.25. The molecule has 3 rings (SSSR count).